The summed E-state index contributed by atoms with van der Waals surface area (Å²) in [4.78, 5) is 39.7. The number of aromatic nitrogens is 4. The second kappa shape index (κ2) is 7.75. The van der Waals surface area contributed by atoms with Crippen LogP contribution in [0.3, 0.4) is 0 Å². The summed E-state index contributed by atoms with van der Waals surface area (Å²) in [6.07, 6.45) is 6.75. The molecule has 4 rings (SSSR count). The van der Waals surface area contributed by atoms with E-state index in [2.05, 4.69) is 15.0 Å². The highest BCUT2D eigenvalue weighted by molar-refractivity contribution is 5.73. The molecule has 1 saturated heterocycles. The summed E-state index contributed by atoms with van der Waals surface area (Å²) in [6, 6.07) is 6.84. The molecule has 144 valence electrons. The molecule has 0 N–H and O–H groups in total. The second-order valence-corrected chi connectivity index (χ2v) is 6.96. The number of aryl methyl sites for hydroxylation is 1. The highest BCUT2D eigenvalue weighted by Gasteiger charge is 2.28. The normalized spacial score (nSPS) is 16.9. The molecule has 0 aromatic carbocycles. The molecule has 0 aliphatic carbocycles. The van der Waals surface area contributed by atoms with Crippen LogP contribution in [0, 0.1) is 12.8 Å². The summed E-state index contributed by atoms with van der Waals surface area (Å²) in [5, 5.41) is 0. The Balaban J connectivity index is 1.42. The molecular formula is C20H21N5O3. The minimum absolute atomic E-state index is 0.0171. The smallest absolute Gasteiger partial charge is 0.311 e. The molecule has 0 amide bonds. The Morgan fingerprint density at radius 2 is 2.11 bits per heavy atom. The van der Waals surface area contributed by atoms with E-state index in [-0.39, 0.29) is 24.1 Å². The molecule has 1 aliphatic heterocycles. The van der Waals surface area contributed by atoms with Crippen LogP contribution >= 0.6 is 0 Å². The molecule has 3 aromatic heterocycles. The van der Waals surface area contributed by atoms with Crippen LogP contribution in [0.25, 0.3) is 5.65 Å². The Kier molecular flexibility index (Phi) is 5.01. The number of rotatable bonds is 4. The first-order valence-electron chi connectivity index (χ1n) is 9.28. The van der Waals surface area contributed by atoms with Gasteiger partial charge in [0.2, 0.25) is 5.95 Å². The first-order chi connectivity index (χ1) is 13.6. The quantitative estimate of drug-likeness (QED) is 0.638. The van der Waals surface area contributed by atoms with Gasteiger partial charge in [-0.3, -0.25) is 14.0 Å². The zero-order valence-electron chi connectivity index (χ0n) is 15.6. The number of piperidine rings is 1. The van der Waals surface area contributed by atoms with E-state index < -0.39 is 0 Å². The highest BCUT2D eigenvalue weighted by Crippen LogP contribution is 2.21. The Morgan fingerprint density at radius 1 is 1.29 bits per heavy atom. The van der Waals surface area contributed by atoms with Crippen LogP contribution in [0.1, 0.15) is 24.1 Å². The summed E-state index contributed by atoms with van der Waals surface area (Å²) in [5.41, 5.74) is 1.76. The predicted molar refractivity (Wildman–Crippen MR) is 103 cm³/mol. The van der Waals surface area contributed by atoms with Crippen LogP contribution in [-0.2, 0) is 16.1 Å². The van der Waals surface area contributed by atoms with Gasteiger partial charge < -0.3 is 9.64 Å². The monoisotopic (exact) mass is 379 g/mol. The molecule has 1 atom stereocenters. The second-order valence-electron chi connectivity index (χ2n) is 6.96. The molecule has 1 unspecified atom stereocenters. The standard InChI is InChI=1S/C20H21N5O3/c1-14-5-6-17-23-16(10-18(26)25(17)11-14)13-28-19(27)15-4-2-9-24(12-15)20-21-7-3-8-22-20/h3,5-8,10-11,15H,2,4,9,12-13H2,1H3. The fourth-order valence-electron chi connectivity index (χ4n) is 3.40. The third-order valence-corrected chi connectivity index (χ3v) is 4.81. The van der Waals surface area contributed by atoms with Gasteiger partial charge in [0.05, 0.1) is 11.6 Å². The van der Waals surface area contributed by atoms with Gasteiger partial charge in [-0.05, 0) is 37.5 Å². The van der Waals surface area contributed by atoms with Crippen LogP contribution in [0.15, 0.2) is 47.7 Å². The van der Waals surface area contributed by atoms with Gasteiger partial charge in [-0.2, -0.15) is 0 Å². The van der Waals surface area contributed by atoms with Gasteiger partial charge in [0, 0.05) is 37.7 Å². The minimum Gasteiger partial charge on any atom is -0.459 e. The third kappa shape index (κ3) is 3.85. The number of nitrogens with zero attached hydrogens (tertiary/aromatic N) is 5. The van der Waals surface area contributed by atoms with E-state index in [9.17, 15) is 9.59 Å². The summed E-state index contributed by atoms with van der Waals surface area (Å²) in [7, 11) is 0. The molecule has 1 fully saturated rings. The van der Waals surface area contributed by atoms with Crippen LogP contribution in [0.4, 0.5) is 5.95 Å². The number of hydrogen-bond donors (Lipinski definition) is 0. The van der Waals surface area contributed by atoms with Gasteiger partial charge >= 0.3 is 5.97 Å². The molecule has 0 saturated carbocycles. The van der Waals surface area contributed by atoms with Crippen molar-refractivity contribution in [2.75, 3.05) is 18.0 Å². The van der Waals surface area contributed by atoms with Crippen molar-refractivity contribution in [2.24, 2.45) is 5.92 Å². The lowest BCUT2D eigenvalue weighted by Gasteiger charge is -2.31. The van der Waals surface area contributed by atoms with E-state index >= 15 is 0 Å². The molecule has 0 spiro atoms. The molecule has 0 radical (unpaired) electrons. The molecular weight excluding hydrogens is 358 g/mol. The van der Waals surface area contributed by atoms with Crippen molar-refractivity contribution in [3.8, 4) is 0 Å². The summed E-state index contributed by atoms with van der Waals surface area (Å²) < 4.78 is 6.95. The number of anilines is 1. The maximum absolute atomic E-state index is 12.5. The Labute approximate surface area is 161 Å². The maximum atomic E-state index is 12.5. The molecule has 8 heteroatoms. The van der Waals surface area contributed by atoms with Crippen molar-refractivity contribution in [1.82, 2.24) is 19.4 Å². The lowest BCUT2D eigenvalue weighted by molar-refractivity contribution is -0.150. The van der Waals surface area contributed by atoms with Crippen LogP contribution < -0.4 is 10.5 Å². The number of carbonyl (C=O) groups excluding carboxylic acids is 1. The van der Waals surface area contributed by atoms with Gasteiger partial charge in [-0.25, -0.2) is 15.0 Å². The number of hydrogen-bond acceptors (Lipinski definition) is 7. The lowest BCUT2D eigenvalue weighted by Crippen LogP contribution is -2.40. The number of esters is 1. The number of carbonyl (C=O) groups is 1. The van der Waals surface area contributed by atoms with Crippen molar-refractivity contribution in [3.05, 3.63) is 64.5 Å². The van der Waals surface area contributed by atoms with Crippen molar-refractivity contribution in [2.45, 2.75) is 26.4 Å². The van der Waals surface area contributed by atoms with Gasteiger partial charge in [0.1, 0.15) is 12.3 Å². The minimum atomic E-state index is -0.286. The van der Waals surface area contributed by atoms with Crippen LogP contribution in [-0.4, -0.2) is 38.4 Å². The maximum Gasteiger partial charge on any atom is 0.311 e. The van der Waals surface area contributed by atoms with E-state index in [4.69, 9.17) is 4.74 Å². The molecule has 28 heavy (non-hydrogen) atoms. The Hall–Kier alpha value is -3.29. The fourth-order valence-corrected chi connectivity index (χ4v) is 3.40. The zero-order chi connectivity index (χ0) is 19.5. The van der Waals surface area contributed by atoms with Crippen molar-refractivity contribution < 1.29 is 9.53 Å². The average molecular weight is 379 g/mol. The number of pyridine rings is 1. The van der Waals surface area contributed by atoms with Crippen molar-refractivity contribution in [3.63, 3.8) is 0 Å². The predicted octanol–water partition coefficient (Wildman–Crippen LogP) is 1.75. The topological polar surface area (TPSA) is 89.7 Å². The Bertz CT molecular complexity index is 1050. The van der Waals surface area contributed by atoms with Crippen molar-refractivity contribution >= 4 is 17.6 Å². The van der Waals surface area contributed by atoms with E-state index in [0.29, 0.717) is 23.8 Å². The Morgan fingerprint density at radius 3 is 2.93 bits per heavy atom. The number of fused-ring (bicyclic) bond motifs is 1. The van der Waals surface area contributed by atoms with Gasteiger partial charge in [0.15, 0.2) is 0 Å². The molecule has 4 heterocycles. The highest BCUT2D eigenvalue weighted by atomic mass is 16.5. The molecule has 1 aliphatic rings. The van der Waals surface area contributed by atoms with Gasteiger partial charge in [-0.15, -0.1) is 0 Å². The third-order valence-electron chi connectivity index (χ3n) is 4.81. The lowest BCUT2D eigenvalue weighted by atomic mass is 9.98. The van der Waals surface area contributed by atoms with Crippen LogP contribution in [0.5, 0.6) is 0 Å². The van der Waals surface area contributed by atoms with E-state index in [1.54, 1.807) is 30.7 Å². The SMILES string of the molecule is Cc1ccc2nc(COC(=O)C3CCCN(c4ncccn4)C3)cc(=O)n2c1. The zero-order valence-corrected chi connectivity index (χ0v) is 15.6. The summed E-state index contributed by atoms with van der Waals surface area (Å²) in [5.74, 6) is 0.0906. The summed E-state index contributed by atoms with van der Waals surface area (Å²) in [6.45, 7) is 3.23. The molecule has 0 bridgehead atoms. The first kappa shape index (κ1) is 18.1. The van der Waals surface area contributed by atoms with Crippen LogP contribution in [0.2, 0.25) is 0 Å². The fraction of sp³-hybridized carbons (Fsp3) is 0.350. The summed E-state index contributed by atoms with van der Waals surface area (Å²) >= 11 is 0. The van der Waals surface area contributed by atoms with Crippen molar-refractivity contribution in [1.29, 1.82) is 0 Å². The van der Waals surface area contributed by atoms with E-state index in [1.165, 1.54) is 10.5 Å². The molecule has 3 aromatic rings. The number of ether oxygens (including phenoxy) is 1. The van der Waals surface area contributed by atoms with E-state index in [0.717, 1.165) is 24.9 Å². The van der Waals surface area contributed by atoms with Gasteiger partial charge in [-0.1, -0.05) is 6.07 Å². The molecule has 8 nitrogen and oxygen atoms in total. The first-order valence-corrected chi connectivity index (χ1v) is 9.28. The average Bonchev–Trinajstić information content (AvgIpc) is 2.73. The largest absolute Gasteiger partial charge is 0.459 e. The van der Waals surface area contributed by atoms with Gasteiger partial charge in [0.25, 0.3) is 5.56 Å². The van der Waals surface area contributed by atoms with E-state index in [1.807, 2.05) is 17.9 Å².